The second-order valence-electron chi connectivity index (χ2n) is 5.04. The molecule has 1 aliphatic carbocycles. The first kappa shape index (κ1) is 10.8. The average molecular weight is 180 g/mol. The highest BCUT2D eigenvalue weighted by Gasteiger charge is 2.39. The highest BCUT2D eigenvalue weighted by Crippen LogP contribution is 2.49. The van der Waals surface area contributed by atoms with Crippen LogP contribution in [0.4, 0.5) is 0 Å². The Labute approximate surface area is 83.4 Å². The first-order valence-corrected chi connectivity index (χ1v) is 5.73. The fraction of sp³-hybridized carbons (Fsp3) is 0.846. The van der Waals surface area contributed by atoms with E-state index in [9.17, 15) is 0 Å². The molecule has 1 fully saturated rings. The molecule has 0 aromatic rings. The minimum Gasteiger partial charge on any atom is -0.0916 e. The largest absolute Gasteiger partial charge is 0.0916 e. The number of hydrogen-bond donors (Lipinski definition) is 0. The van der Waals surface area contributed by atoms with Gasteiger partial charge in [0.05, 0.1) is 0 Å². The summed E-state index contributed by atoms with van der Waals surface area (Å²) in [4.78, 5) is 0. The summed E-state index contributed by atoms with van der Waals surface area (Å²) in [6, 6.07) is 0. The molecule has 0 N–H and O–H groups in total. The number of rotatable bonds is 3. The molecule has 0 aromatic carbocycles. The molecule has 0 heterocycles. The molecule has 0 aliphatic heterocycles. The van der Waals surface area contributed by atoms with Crippen molar-refractivity contribution in [1.29, 1.82) is 0 Å². The van der Waals surface area contributed by atoms with Gasteiger partial charge in [0.2, 0.25) is 0 Å². The molecule has 1 rings (SSSR count). The minimum absolute atomic E-state index is 0.590. The van der Waals surface area contributed by atoms with E-state index >= 15 is 0 Å². The Balaban J connectivity index is 2.57. The highest BCUT2D eigenvalue weighted by atomic mass is 14.4. The lowest BCUT2D eigenvalue weighted by Gasteiger charge is -2.27. The summed E-state index contributed by atoms with van der Waals surface area (Å²) >= 11 is 0. The van der Waals surface area contributed by atoms with Crippen molar-refractivity contribution in [3.63, 3.8) is 0 Å². The zero-order valence-electron chi connectivity index (χ0n) is 9.64. The predicted molar refractivity (Wildman–Crippen MR) is 59.7 cm³/mol. The van der Waals surface area contributed by atoms with E-state index in [0.29, 0.717) is 5.41 Å². The average Bonchev–Trinajstić information content (AvgIpc) is 2.40. The van der Waals surface area contributed by atoms with Gasteiger partial charge in [-0.2, -0.15) is 0 Å². The standard InChI is InChI=1S/C13H24/c1-5-7-8-13(4)10-12(6-2)9-11(13)3/h5,7,11-12H,6,8-10H2,1-4H3. The van der Waals surface area contributed by atoms with Gasteiger partial charge in [0.1, 0.15) is 0 Å². The van der Waals surface area contributed by atoms with Crippen LogP contribution in [-0.4, -0.2) is 0 Å². The van der Waals surface area contributed by atoms with Crippen LogP contribution in [0.2, 0.25) is 0 Å². The quantitative estimate of drug-likeness (QED) is 0.564. The molecule has 1 saturated carbocycles. The summed E-state index contributed by atoms with van der Waals surface area (Å²) in [5.41, 5.74) is 0.590. The maximum Gasteiger partial charge on any atom is -0.0263 e. The Bertz CT molecular complexity index is 180. The maximum atomic E-state index is 2.47. The summed E-state index contributed by atoms with van der Waals surface area (Å²) in [5.74, 6) is 1.90. The Morgan fingerprint density at radius 3 is 2.62 bits per heavy atom. The molecule has 0 amide bonds. The van der Waals surface area contributed by atoms with Crippen LogP contribution < -0.4 is 0 Å². The third-order valence-electron chi connectivity index (χ3n) is 4.03. The number of allylic oxidation sites excluding steroid dienone is 2. The fourth-order valence-corrected chi connectivity index (χ4v) is 2.71. The lowest BCUT2D eigenvalue weighted by Crippen LogP contribution is -2.18. The molecule has 0 nitrogen and oxygen atoms in total. The maximum absolute atomic E-state index is 2.47. The van der Waals surface area contributed by atoms with Gasteiger partial charge in [-0.05, 0) is 43.4 Å². The molecule has 0 bridgehead atoms. The molecule has 3 atom stereocenters. The van der Waals surface area contributed by atoms with E-state index in [2.05, 4.69) is 39.8 Å². The Morgan fingerprint density at radius 2 is 2.15 bits per heavy atom. The van der Waals surface area contributed by atoms with Crippen molar-refractivity contribution in [2.45, 2.75) is 53.4 Å². The fourth-order valence-electron chi connectivity index (χ4n) is 2.71. The molecule has 13 heavy (non-hydrogen) atoms. The van der Waals surface area contributed by atoms with Gasteiger partial charge in [-0.15, -0.1) is 0 Å². The first-order valence-electron chi connectivity index (χ1n) is 5.73. The second-order valence-corrected chi connectivity index (χ2v) is 5.04. The van der Waals surface area contributed by atoms with E-state index in [1.165, 1.54) is 25.7 Å². The van der Waals surface area contributed by atoms with Crippen LogP contribution in [-0.2, 0) is 0 Å². The summed E-state index contributed by atoms with van der Waals surface area (Å²) in [6.07, 6.45) is 10.1. The molecule has 0 spiro atoms. The topological polar surface area (TPSA) is 0 Å². The van der Waals surface area contributed by atoms with Gasteiger partial charge in [-0.25, -0.2) is 0 Å². The van der Waals surface area contributed by atoms with Gasteiger partial charge in [-0.3, -0.25) is 0 Å². The van der Waals surface area contributed by atoms with Gasteiger partial charge in [-0.1, -0.05) is 39.3 Å². The van der Waals surface area contributed by atoms with Crippen LogP contribution in [0.1, 0.15) is 53.4 Å². The van der Waals surface area contributed by atoms with Crippen molar-refractivity contribution in [3.8, 4) is 0 Å². The lowest BCUT2D eigenvalue weighted by molar-refractivity contribution is 0.246. The molecule has 1 aliphatic rings. The van der Waals surface area contributed by atoms with Crippen LogP contribution in [0.5, 0.6) is 0 Å². The Kier molecular flexibility index (Phi) is 3.58. The summed E-state index contributed by atoms with van der Waals surface area (Å²) < 4.78 is 0. The van der Waals surface area contributed by atoms with Crippen molar-refractivity contribution in [2.24, 2.45) is 17.3 Å². The van der Waals surface area contributed by atoms with Gasteiger partial charge >= 0.3 is 0 Å². The van der Waals surface area contributed by atoms with Crippen molar-refractivity contribution in [1.82, 2.24) is 0 Å². The third kappa shape index (κ3) is 2.36. The molecule has 76 valence electrons. The van der Waals surface area contributed by atoms with Crippen molar-refractivity contribution in [2.75, 3.05) is 0 Å². The first-order chi connectivity index (χ1) is 6.12. The van der Waals surface area contributed by atoms with E-state index < -0.39 is 0 Å². The Morgan fingerprint density at radius 1 is 1.46 bits per heavy atom. The molecular formula is C13H24. The lowest BCUT2D eigenvalue weighted by atomic mass is 9.77. The second kappa shape index (κ2) is 4.30. The number of hydrogen-bond acceptors (Lipinski definition) is 0. The summed E-state index contributed by atoms with van der Waals surface area (Å²) in [7, 11) is 0. The van der Waals surface area contributed by atoms with E-state index in [0.717, 1.165) is 11.8 Å². The van der Waals surface area contributed by atoms with Gasteiger partial charge in [0.25, 0.3) is 0 Å². The van der Waals surface area contributed by atoms with E-state index in [1.807, 2.05) is 0 Å². The van der Waals surface area contributed by atoms with E-state index in [4.69, 9.17) is 0 Å². The minimum atomic E-state index is 0.590. The van der Waals surface area contributed by atoms with Crippen LogP contribution in [0.3, 0.4) is 0 Å². The molecule has 0 heteroatoms. The zero-order valence-corrected chi connectivity index (χ0v) is 9.64. The normalized spacial score (nSPS) is 40.3. The molecule has 0 saturated heterocycles. The molecule has 0 aromatic heterocycles. The van der Waals surface area contributed by atoms with E-state index in [1.54, 1.807) is 0 Å². The third-order valence-corrected chi connectivity index (χ3v) is 4.03. The summed E-state index contributed by atoms with van der Waals surface area (Å²) in [5, 5.41) is 0. The predicted octanol–water partition coefficient (Wildman–Crippen LogP) is 4.42. The van der Waals surface area contributed by atoms with Gasteiger partial charge in [0, 0.05) is 0 Å². The Hall–Kier alpha value is -0.260. The van der Waals surface area contributed by atoms with Crippen LogP contribution in [0, 0.1) is 17.3 Å². The van der Waals surface area contributed by atoms with Gasteiger partial charge < -0.3 is 0 Å². The van der Waals surface area contributed by atoms with Crippen molar-refractivity contribution < 1.29 is 0 Å². The highest BCUT2D eigenvalue weighted by molar-refractivity contribution is 4.95. The smallest absolute Gasteiger partial charge is 0.0263 e. The van der Waals surface area contributed by atoms with Crippen LogP contribution >= 0.6 is 0 Å². The van der Waals surface area contributed by atoms with Crippen LogP contribution in [0.25, 0.3) is 0 Å². The van der Waals surface area contributed by atoms with Crippen molar-refractivity contribution in [3.05, 3.63) is 12.2 Å². The summed E-state index contributed by atoms with van der Waals surface area (Å²) in [6.45, 7) is 9.35. The van der Waals surface area contributed by atoms with E-state index in [-0.39, 0.29) is 0 Å². The SMILES string of the molecule is CC=CCC1(C)CC(CC)CC1C. The molecule has 0 radical (unpaired) electrons. The van der Waals surface area contributed by atoms with Crippen LogP contribution in [0.15, 0.2) is 12.2 Å². The van der Waals surface area contributed by atoms with Crippen molar-refractivity contribution >= 4 is 0 Å². The molecule has 3 unspecified atom stereocenters. The molecular weight excluding hydrogens is 156 g/mol. The van der Waals surface area contributed by atoms with Gasteiger partial charge in [0.15, 0.2) is 0 Å². The monoisotopic (exact) mass is 180 g/mol. The zero-order chi connectivity index (χ0) is 9.90.